The first-order valence-corrected chi connectivity index (χ1v) is 9.54. The molecule has 3 rings (SSSR count). The number of nitrogens with one attached hydrogen (secondary N) is 1. The quantitative estimate of drug-likeness (QED) is 0.846. The van der Waals surface area contributed by atoms with Crippen LogP contribution in [0.15, 0.2) is 30.5 Å². The van der Waals surface area contributed by atoms with Crippen LogP contribution in [0.5, 0.6) is 0 Å². The first-order chi connectivity index (χ1) is 12.9. The molecule has 27 heavy (non-hydrogen) atoms. The van der Waals surface area contributed by atoms with Gasteiger partial charge in [0.2, 0.25) is 11.9 Å². The van der Waals surface area contributed by atoms with E-state index in [4.69, 9.17) is 11.6 Å². The summed E-state index contributed by atoms with van der Waals surface area (Å²) >= 11 is 5.96. The van der Waals surface area contributed by atoms with Crippen LogP contribution < -0.4 is 10.2 Å². The minimum absolute atomic E-state index is 0.0632. The normalized spacial score (nSPS) is 18.0. The summed E-state index contributed by atoms with van der Waals surface area (Å²) in [6, 6.07) is 7.86. The van der Waals surface area contributed by atoms with Crippen LogP contribution >= 0.6 is 11.6 Å². The van der Waals surface area contributed by atoms with Crippen LogP contribution in [0.1, 0.15) is 20.8 Å². The van der Waals surface area contributed by atoms with E-state index in [9.17, 15) is 4.79 Å². The molecule has 7 nitrogen and oxygen atoms in total. The Bertz CT molecular complexity index is 782. The highest BCUT2D eigenvalue weighted by Crippen LogP contribution is 2.22. The molecule has 1 atom stereocenters. The number of piperazine rings is 1. The van der Waals surface area contributed by atoms with Gasteiger partial charge in [0.05, 0.1) is 18.4 Å². The first-order valence-electron chi connectivity index (χ1n) is 9.16. The fourth-order valence-electron chi connectivity index (χ4n) is 3.22. The Balaban J connectivity index is 1.67. The average molecular weight is 389 g/mol. The van der Waals surface area contributed by atoms with Gasteiger partial charge in [0.25, 0.3) is 0 Å². The van der Waals surface area contributed by atoms with Crippen molar-refractivity contribution >= 4 is 23.5 Å². The summed E-state index contributed by atoms with van der Waals surface area (Å²) in [5, 5.41) is 12.0. The summed E-state index contributed by atoms with van der Waals surface area (Å²) in [6.45, 7) is 8.78. The standard InChI is InChI=1S/C19H25ClN6O/c1-13(2)22-18(27)12-25-8-9-26(14(3)11-25)19-23-17(10-21-24-19)15-4-6-16(20)7-5-15/h4-7,10,13-14H,8-9,11-12H2,1-3H3,(H,22,27). The minimum Gasteiger partial charge on any atom is -0.353 e. The molecule has 0 spiro atoms. The average Bonchev–Trinajstić information content (AvgIpc) is 2.62. The van der Waals surface area contributed by atoms with E-state index in [1.54, 1.807) is 6.20 Å². The molecule has 1 N–H and O–H groups in total. The molecular weight excluding hydrogens is 364 g/mol. The third kappa shape index (κ3) is 5.14. The number of aromatic nitrogens is 3. The van der Waals surface area contributed by atoms with E-state index in [1.807, 2.05) is 38.1 Å². The Kier molecular flexibility index (Phi) is 6.23. The van der Waals surface area contributed by atoms with Crippen molar-refractivity contribution in [1.82, 2.24) is 25.4 Å². The summed E-state index contributed by atoms with van der Waals surface area (Å²) in [5.74, 6) is 0.675. The van der Waals surface area contributed by atoms with E-state index in [2.05, 4.69) is 37.2 Å². The molecule has 1 aliphatic rings. The third-order valence-electron chi connectivity index (χ3n) is 4.47. The highest BCUT2D eigenvalue weighted by atomic mass is 35.5. The number of anilines is 1. The van der Waals surface area contributed by atoms with Crippen LogP contribution in [0.2, 0.25) is 5.02 Å². The molecule has 8 heteroatoms. The molecule has 2 aromatic rings. The Morgan fingerprint density at radius 1 is 1.30 bits per heavy atom. The fourth-order valence-corrected chi connectivity index (χ4v) is 3.35. The topological polar surface area (TPSA) is 74.2 Å². The van der Waals surface area contributed by atoms with Gasteiger partial charge in [-0.15, -0.1) is 5.10 Å². The maximum atomic E-state index is 12.0. The Labute approximate surface area is 164 Å². The lowest BCUT2D eigenvalue weighted by atomic mass is 10.1. The largest absolute Gasteiger partial charge is 0.353 e. The number of carbonyl (C=O) groups is 1. The molecule has 0 radical (unpaired) electrons. The monoisotopic (exact) mass is 388 g/mol. The van der Waals surface area contributed by atoms with Gasteiger partial charge >= 0.3 is 0 Å². The maximum Gasteiger partial charge on any atom is 0.246 e. The van der Waals surface area contributed by atoms with Gasteiger partial charge in [-0.05, 0) is 32.9 Å². The SMILES string of the molecule is CC(C)NC(=O)CN1CCN(c2nncc(-c3ccc(Cl)cc3)n2)C(C)C1. The number of hydrogen-bond acceptors (Lipinski definition) is 6. The van der Waals surface area contributed by atoms with Crippen molar-refractivity contribution in [3.8, 4) is 11.3 Å². The van der Waals surface area contributed by atoms with E-state index in [1.165, 1.54) is 0 Å². The summed E-state index contributed by atoms with van der Waals surface area (Å²) in [4.78, 5) is 21.0. The molecular formula is C19H25ClN6O. The maximum absolute atomic E-state index is 12.0. The van der Waals surface area contributed by atoms with Crippen molar-refractivity contribution < 1.29 is 4.79 Å². The van der Waals surface area contributed by atoms with Gasteiger partial charge < -0.3 is 10.2 Å². The molecule has 1 aromatic heterocycles. The van der Waals surface area contributed by atoms with Crippen molar-refractivity contribution in [1.29, 1.82) is 0 Å². The van der Waals surface area contributed by atoms with Gasteiger partial charge in [-0.2, -0.15) is 5.10 Å². The molecule has 0 bridgehead atoms. The molecule has 1 aliphatic heterocycles. The van der Waals surface area contributed by atoms with Crippen molar-refractivity contribution in [2.45, 2.75) is 32.9 Å². The van der Waals surface area contributed by atoms with Gasteiger partial charge in [0, 0.05) is 42.3 Å². The predicted octanol–water partition coefficient (Wildman–Crippen LogP) is 2.23. The lowest BCUT2D eigenvalue weighted by Crippen LogP contribution is -2.54. The first kappa shape index (κ1) is 19.5. The molecule has 1 unspecified atom stereocenters. The molecule has 1 fully saturated rings. The third-order valence-corrected chi connectivity index (χ3v) is 4.72. The second-order valence-corrected chi connectivity index (χ2v) is 7.58. The Morgan fingerprint density at radius 2 is 2.04 bits per heavy atom. The van der Waals surface area contributed by atoms with Gasteiger partial charge in [0.1, 0.15) is 0 Å². The van der Waals surface area contributed by atoms with Gasteiger partial charge in [0.15, 0.2) is 0 Å². The smallest absolute Gasteiger partial charge is 0.246 e. The summed E-state index contributed by atoms with van der Waals surface area (Å²) in [7, 11) is 0. The van der Waals surface area contributed by atoms with E-state index >= 15 is 0 Å². The van der Waals surface area contributed by atoms with Gasteiger partial charge in [-0.3, -0.25) is 9.69 Å². The number of halogens is 1. The predicted molar refractivity (Wildman–Crippen MR) is 107 cm³/mol. The summed E-state index contributed by atoms with van der Waals surface area (Å²) < 4.78 is 0. The minimum atomic E-state index is 0.0632. The summed E-state index contributed by atoms with van der Waals surface area (Å²) in [5.41, 5.74) is 1.72. The Hall–Kier alpha value is -2.25. The van der Waals surface area contributed by atoms with Crippen LogP contribution in [0.4, 0.5) is 5.95 Å². The molecule has 1 amide bonds. The molecule has 2 heterocycles. The number of nitrogens with zero attached hydrogens (tertiary/aromatic N) is 5. The fraction of sp³-hybridized carbons (Fsp3) is 0.474. The van der Waals surface area contributed by atoms with Crippen LogP contribution in [0, 0.1) is 0 Å². The van der Waals surface area contributed by atoms with Crippen molar-refractivity contribution in [3.63, 3.8) is 0 Å². The highest BCUT2D eigenvalue weighted by Gasteiger charge is 2.27. The lowest BCUT2D eigenvalue weighted by Gasteiger charge is -2.39. The molecule has 0 saturated carbocycles. The van der Waals surface area contributed by atoms with Crippen LogP contribution in [-0.4, -0.2) is 64.3 Å². The van der Waals surface area contributed by atoms with Crippen molar-refractivity contribution in [2.24, 2.45) is 0 Å². The zero-order valence-electron chi connectivity index (χ0n) is 15.9. The molecule has 0 aliphatic carbocycles. The van der Waals surface area contributed by atoms with Gasteiger partial charge in [-0.25, -0.2) is 4.98 Å². The number of benzene rings is 1. The summed E-state index contributed by atoms with van der Waals surface area (Å²) in [6.07, 6.45) is 1.66. The van der Waals surface area contributed by atoms with Crippen molar-refractivity contribution in [2.75, 3.05) is 31.1 Å². The van der Waals surface area contributed by atoms with E-state index in [0.717, 1.165) is 30.9 Å². The van der Waals surface area contributed by atoms with E-state index in [0.29, 0.717) is 17.5 Å². The Morgan fingerprint density at radius 3 is 2.70 bits per heavy atom. The zero-order chi connectivity index (χ0) is 19.4. The second kappa shape index (κ2) is 8.63. The molecule has 144 valence electrons. The highest BCUT2D eigenvalue weighted by molar-refractivity contribution is 6.30. The number of rotatable bonds is 5. The number of carbonyl (C=O) groups excluding carboxylic acids is 1. The molecule has 1 saturated heterocycles. The number of hydrogen-bond donors (Lipinski definition) is 1. The van der Waals surface area contributed by atoms with Crippen LogP contribution in [0.25, 0.3) is 11.3 Å². The van der Waals surface area contributed by atoms with Crippen molar-refractivity contribution in [3.05, 3.63) is 35.5 Å². The number of amides is 1. The van der Waals surface area contributed by atoms with Crippen LogP contribution in [0.3, 0.4) is 0 Å². The zero-order valence-corrected chi connectivity index (χ0v) is 16.6. The second-order valence-electron chi connectivity index (χ2n) is 7.15. The van der Waals surface area contributed by atoms with E-state index in [-0.39, 0.29) is 18.0 Å². The lowest BCUT2D eigenvalue weighted by molar-refractivity contribution is -0.122. The van der Waals surface area contributed by atoms with Gasteiger partial charge in [-0.1, -0.05) is 23.7 Å². The van der Waals surface area contributed by atoms with E-state index < -0.39 is 0 Å². The van der Waals surface area contributed by atoms with Crippen LogP contribution in [-0.2, 0) is 4.79 Å². The molecule has 1 aromatic carbocycles.